The lowest BCUT2D eigenvalue weighted by Crippen LogP contribution is -2.48. The van der Waals surface area contributed by atoms with Gasteiger partial charge in [-0.2, -0.15) is 0 Å². The number of carbonyl (C=O) groups is 2. The molecule has 8 heteroatoms. The van der Waals surface area contributed by atoms with Crippen LogP contribution in [0.2, 0.25) is 0 Å². The molecule has 0 aromatic heterocycles. The molecule has 3 N–H and O–H groups in total. The number of ether oxygens (including phenoxy) is 2. The molecule has 30 heavy (non-hydrogen) atoms. The molecule has 0 radical (unpaired) electrons. The number of benzene rings is 2. The second-order valence-corrected chi connectivity index (χ2v) is 7.14. The Balaban J connectivity index is 0.00000320. The van der Waals surface area contributed by atoms with E-state index >= 15 is 0 Å². The zero-order valence-electron chi connectivity index (χ0n) is 17.1. The average Bonchev–Trinajstić information content (AvgIpc) is 2.74. The van der Waals surface area contributed by atoms with E-state index < -0.39 is 0 Å². The first-order chi connectivity index (χ1) is 14.0. The molecule has 7 nitrogen and oxygen atoms in total. The van der Waals surface area contributed by atoms with Crippen molar-refractivity contribution in [2.75, 3.05) is 32.1 Å². The number of carbonyl (C=O) groups excluding carboxylic acids is 2. The molecule has 162 valence electrons. The van der Waals surface area contributed by atoms with Gasteiger partial charge in [-0.3, -0.25) is 9.59 Å². The second kappa shape index (κ2) is 11.4. The van der Waals surface area contributed by atoms with Crippen LogP contribution in [0.5, 0.6) is 11.5 Å². The quantitative estimate of drug-likeness (QED) is 0.624. The highest BCUT2D eigenvalue weighted by Crippen LogP contribution is 2.17. The van der Waals surface area contributed by atoms with E-state index in [1.807, 2.05) is 0 Å². The van der Waals surface area contributed by atoms with Gasteiger partial charge in [0.15, 0.2) is 6.61 Å². The first kappa shape index (κ1) is 23.5. The first-order valence-electron chi connectivity index (χ1n) is 9.73. The molecule has 2 aromatic carbocycles. The molecule has 1 heterocycles. The number of anilines is 1. The molecule has 0 bridgehead atoms. The predicted molar refractivity (Wildman–Crippen MR) is 119 cm³/mol. The predicted octanol–water partition coefficient (Wildman–Crippen LogP) is 2.86. The van der Waals surface area contributed by atoms with E-state index in [2.05, 4.69) is 22.9 Å². The zero-order valence-corrected chi connectivity index (χ0v) is 18.0. The molecule has 3 rings (SSSR count). The van der Waals surface area contributed by atoms with Gasteiger partial charge in [0.2, 0.25) is 0 Å². The highest BCUT2D eigenvalue weighted by molar-refractivity contribution is 5.94. The summed E-state index contributed by atoms with van der Waals surface area (Å²) in [5.41, 5.74) is 1.21. The van der Waals surface area contributed by atoms with Crippen LogP contribution >= 0.6 is 12.4 Å². The van der Waals surface area contributed by atoms with Crippen molar-refractivity contribution in [3.05, 3.63) is 54.1 Å². The van der Waals surface area contributed by atoms with Crippen molar-refractivity contribution >= 4 is 29.9 Å². The number of hydrogen-bond donors (Lipinski definition) is 3. The number of methoxy groups -OCH3 is 1. The summed E-state index contributed by atoms with van der Waals surface area (Å²) in [4.78, 5) is 24.5. The van der Waals surface area contributed by atoms with Gasteiger partial charge in [0, 0.05) is 23.4 Å². The molecule has 2 unspecified atom stereocenters. The van der Waals surface area contributed by atoms with E-state index in [0.29, 0.717) is 28.7 Å². The van der Waals surface area contributed by atoms with Gasteiger partial charge in [-0.15, -0.1) is 12.4 Å². The average molecular weight is 434 g/mol. The monoisotopic (exact) mass is 433 g/mol. The van der Waals surface area contributed by atoms with Crippen molar-refractivity contribution in [1.82, 2.24) is 10.6 Å². The van der Waals surface area contributed by atoms with Gasteiger partial charge in [-0.25, -0.2) is 0 Å². The van der Waals surface area contributed by atoms with Crippen LogP contribution in [0, 0.1) is 5.92 Å². The Bertz CT molecular complexity index is 845. The van der Waals surface area contributed by atoms with Crippen molar-refractivity contribution in [3.63, 3.8) is 0 Å². The van der Waals surface area contributed by atoms with Gasteiger partial charge in [0.25, 0.3) is 11.8 Å². The van der Waals surface area contributed by atoms with Crippen LogP contribution < -0.4 is 25.4 Å². The maximum absolute atomic E-state index is 12.4. The fraction of sp³-hybridized carbons (Fsp3) is 0.364. The third kappa shape index (κ3) is 6.64. The minimum absolute atomic E-state index is 0. The van der Waals surface area contributed by atoms with Crippen LogP contribution in [0.1, 0.15) is 23.7 Å². The van der Waals surface area contributed by atoms with Crippen LogP contribution in [0.15, 0.2) is 48.5 Å². The number of halogens is 1. The summed E-state index contributed by atoms with van der Waals surface area (Å²) in [5, 5.41) is 9.17. The van der Waals surface area contributed by atoms with E-state index in [0.717, 1.165) is 19.5 Å². The SMILES string of the molecule is COc1cccc(NC(=O)COc2ccc(C(=O)NC3CCNCC3C)cc2)c1.Cl. The molecular formula is C22H28ClN3O4. The summed E-state index contributed by atoms with van der Waals surface area (Å²) in [6.07, 6.45) is 0.927. The number of piperidine rings is 1. The minimum atomic E-state index is -0.278. The molecular weight excluding hydrogens is 406 g/mol. The third-order valence-corrected chi connectivity index (χ3v) is 4.94. The second-order valence-electron chi connectivity index (χ2n) is 7.14. The topological polar surface area (TPSA) is 88.7 Å². The van der Waals surface area contributed by atoms with E-state index in [4.69, 9.17) is 9.47 Å². The van der Waals surface area contributed by atoms with Crippen LogP contribution in [0.25, 0.3) is 0 Å². The molecule has 2 atom stereocenters. The summed E-state index contributed by atoms with van der Waals surface area (Å²) < 4.78 is 10.6. The molecule has 1 aliphatic heterocycles. The number of hydrogen-bond acceptors (Lipinski definition) is 5. The van der Waals surface area contributed by atoms with Gasteiger partial charge in [0.1, 0.15) is 11.5 Å². The van der Waals surface area contributed by atoms with Crippen molar-refractivity contribution < 1.29 is 19.1 Å². The highest BCUT2D eigenvalue weighted by atomic mass is 35.5. The van der Waals surface area contributed by atoms with Gasteiger partial charge >= 0.3 is 0 Å². The lowest BCUT2D eigenvalue weighted by Gasteiger charge is -2.30. The lowest BCUT2D eigenvalue weighted by atomic mass is 9.95. The lowest BCUT2D eigenvalue weighted by molar-refractivity contribution is -0.118. The molecule has 0 saturated carbocycles. The van der Waals surface area contributed by atoms with E-state index in [1.54, 1.807) is 55.6 Å². The first-order valence-corrected chi connectivity index (χ1v) is 9.73. The van der Waals surface area contributed by atoms with E-state index in [1.165, 1.54) is 0 Å². The molecule has 0 spiro atoms. The Morgan fingerprint density at radius 1 is 1.13 bits per heavy atom. The standard InChI is InChI=1S/C22H27N3O4.ClH/c1-15-13-23-11-10-20(15)25-22(27)16-6-8-18(9-7-16)29-14-21(26)24-17-4-3-5-19(12-17)28-2;/h3-9,12,15,20,23H,10-11,13-14H2,1-2H3,(H,24,26)(H,25,27);1H. The summed E-state index contributed by atoms with van der Waals surface area (Å²) in [7, 11) is 1.57. The zero-order chi connectivity index (χ0) is 20.6. The Kier molecular flexibility index (Phi) is 8.95. The van der Waals surface area contributed by atoms with Crippen LogP contribution in [0.3, 0.4) is 0 Å². The van der Waals surface area contributed by atoms with E-state index in [-0.39, 0.29) is 36.9 Å². The number of rotatable bonds is 7. The Labute approximate surface area is 182 Å². The van der Waals surface area contributed by atoms with Gasteiger partial charge in [-0.1, -0.05) is 13.0 Å². The maximum atomic E-state index is 12.4. The summed E-state index contributed by atoms with van der Waals surface area (Å²) in [6, 6.07) is 14.1. The van der Waals surface area contributed by atoms with Gasteiger partial charge in [0.05, 0.1) is 7.11 Å². The molecule has 1 saturated heterocycles. The molecule has 0 aliphatic carbocycles. The Hall–Kier alpha value is -2.77. The maximum Gasteiger partial charge on any atom is 0.262 e. The summed E-state index contributed by atoms with van der Waals surface area (Å²) in [6.45, 7) is 3.83. The Morgan fingerprint density at radius 3 is 2.60 bits per heavy atom. The van der Waals surface area contributed by atoms with Crippen molar-refractivity contribution in [2.45, 2.75) is 19.4 Å². The third-order valence-electron chi connectivity index (χ3n) is 4.94. The van der Waals surface area contributed by atoms with Gasteiger partial charge < -0.3 is 25.4 Å². The van der Waals surface area contributed by atoms with Crippen LogP contribution in [0.4, 0.5) is 5.69 Å². The largest absolute Gasteiger partial charge is 0.497 e. The minimum Gasteiger partial charge on any atom is -0.497 e. The highest BCUT2D eigenvalue weighted by Gasteiger charge is 2.23. The fourth-order valence-corrected chi connectivity index (χ4v) is 3.23. The van der Waals surface area contributed by atoms with Crippen LogP contribution in [-0.4, -0.2) is 44.7 Å². The molecule has 2 amide bonds. The van der Waals surface area contributed by atoms with Crippen LogP contribution in [-0.2, 0) is 4.79 Å². The van der Waals surface area contributed by atoms with Crippen molar-refractivity contribution in [2.24, 2.45) is 5.92 Å². The van der Waals surface area contributed by atoms with E-state index in [9.17, 15) is 9.59 Å². The normalized spacial score (nSPS) is 17.9. The smallest absolute Gasteiger partial charge is 0.262 e. The molecule has 1 fully saturated rings. The summed E-state index contributed by atoms with van der Waals surface area (Å²) in [5.74, 6) is 1.22. The van der Waals surface area contributed by atoms with Crippen molar-refractivity contribution in [1.29, 1.82) is 0 Å². The number of nitrogens with one attached hydrogen (secondary N) is 3. The fourth-order valence-electron chi connectivity index (χ4n) is 3.23. The Morgan fingerprint density at radius 2 is 1.90 bits per heavy atom. The molecule has 2 aromatic rings. The van der Waals surface area contributed by atoms with Gasteiger partial charge in [-0.05, 0) is 61.8 Å². The molecule has 1 aliphatic rings. The summed E-state index contributed by atoms with van der Waals surface area (Å²) >= 11 is 0. The number of amides is 2. The van der Waals surface area contributed by atoms with Crippen molar-refractivity contribution in [3.8, 4) is 11.5 Å².